The normalized spacial score (nSPS) is 10.2. The molecule has 17 heavy (non-hydrogen) atoms. The summed E-state index contributed by atoms with van der Waals surface area (Å²) in [5.41, 5.74) is 6.48. The van der Waals surface area contributed by atoms with Crippen LogP contribution in [-0.2, 0) is 6.54 Å². The maximum Gasteiger partial charge on any atom is 0.271 e. The first-order chi connectivity index (χ1) is 8.15. The lowest BCUT2D eigenvalue weighted by Crippen LogP contribution is -2.24. The fourth-order valence-electron chi connectivity index (χ4n) is 1.24. The van der Waals surface area contributed by atoms with Crippen molar-refractivity contribution < 1.29 is 4.79 Å². The molecule has 0 atom stereocenters. The largest absolute Gasteiger partial charge is 0.382 e. The van der Waals surface area contributed by atoms with Crippen LogP contribution in [0.1, 0.15) is 21.2 Å². The summed E-state index contributed by atoms with van der Waals surface area (Å²) in [6.45, 7) is 2.29. The van der Waals surface area contributed by atoms with E-state index < -0.39 is 0 Å². The quantitative estimate of drug-likeness (QED) is 0.837. The van der Waals surface area contributed by atoms with Gasteiger partial charge >= 0.3 is 0 Å². The van der Waals surface area contributed by atoms with Gasteiger partial charge in [0.25, 0.3) is 5.91 Å². The zero-order valence-electron chi connectivity index (χ0n) is 9.17. The number of rotatable bonds is 3. The van der Waals surface area contributed by atoms with E-state index in [2.05, 4.69) is 20.3 Å². The van der Waals surface area contributed by atoms with Crippen molar-refractivity contribution in [2.24, 2.45) is 0 Å². The van der Waals surface area contributed by atoms with Crippen LogP contribution in [0.15, 0.2) is 17.8 Å². The molecule has 7 heteroatoms. The van der Waals surface area contributed by atoms with Crippen LogP contribution in [0.5, 0.6) is 0 Å². The van der Waals surface area contributed by atoms with Crippen LogP contribution in [-0.4, -0.2) is 20.9 Å². The van der Waals surface area contributed by atoms with Crippen LogP contribution in [0.4, 0.5) is 5.82 Å². The van der Waals surface area contributed by atoms with Crippen molar-refractivity contribution in [3.05, 3.63) is 34.2 Å². The van der Waals surface area contributed by atoms with Crippen LogP contribution in [0.3, 0.4) is 0 Å². The molecule has 88 valence electrons. The molecule has 2 aromatic heterocycles. The van der Waals surface area contributed by atoms with Crippen molar-refractivity contribution in [2.75, 3.05) is 5.73 Å². The Kier molecular flexibility index (Phi) is 3.29. The van der Waals surface area contributed by atoms with E-state index in [0.29, 0.717) is 6.54 Å². The van der Waals surface area contributed by atoms with Gasteiger partial charge < -0.3 is 11.1 Å². The summed E-state index contributed by atoms with van der Waals surface area (Å²) < 4.78 is 0. The third-order valence-electron chi connectivity index (χ3n) is 1.98. The minimum atomic E-state index is -0.310. The van der Waals surface area contributed by atoms with Gasteiger partial charge in [0.15, 0.2) is 0 Å². The molecule has 0 fully saturated rings. The Balaban J connectivity index is 1.98. The topological polar surface area (TPSA) is 93.8 Å². The van der Waals surface area contributed by atoms with Gasteiger partial charge in [-0.2, -0.15) is 0 Å². The van der Waals surface area contributed by atoms with E-state index in [-0.39, 0.29) is 17.4 Å². The molecule has 6 nitrogen and oxygen atoms in total. The number of carbonyl (C=O) groups excluding carboxylic acids is 1. The number of nitrogens with zero attached hydrogens (tertiary/aromatic N) is 3. The van der Waals surface area contributed by atoms with Crippen molar-refractivity contribution in [3.63, 3.8) is 0 Å². The van der Waals surface area contributed by atoms with Gasteiger partial charge in [-0.3, -0.25) is 9.78 Å². The van der Waals surface area contributed by atoms with E-state index in [9.17, 15) is 4.79 Å². The molecule has 0 radical (unpaired) electrons. The van der Waals surface area contributed by atoms with Gasteiger partial charge in [0.2, 0.25) is 0 Å². The molecule has 2 aromatic rings. The third-order valence-corrected chi connectivity index (χ3v) is 2.80. The molecule has 0 aromatic carbocycles. The molecule has 1 amide bonds. The van der Waals surface area contributed by atoms with Crippen LogP contribution >= 0.6 is 11.3 Å². The zero-order valence-corrected chi connectivity index (χ0v) is 9.99. The highest BCUT2D eigenvalue weighted by molar-refractivity contribution is 7.09. The number of carbonyl (C=O) groups is 1. The smallest absolute Gasteiger partial charge is 0.271 e. The van der Waals surface area contributed by atoms with Crippen molar-refractivity contribution in [1.82, 2.24) is 20.3 Å². The Morgan fingerprint density at radius 3 is 2.94 bits per heavy atom. The summed E-state index contributed by atoms with van der Waals surface area (Å²) in [6, 6.07) is 0. The van der Waals surface area contributed by atoms with Crippen molar-refractivity contribution in [1.29, 1.82) is 0 Å². The number of aromatic nitrogens is 3. The third kappa shape index (κ3) is 2.97. The summed E-state index contributed by atoms with van der Waals surface area (Å²) in [7, 11) is 0. The average Bonchev–Trinajstić information content (AvgIpc) is 2.72. The Labute approximate surface area is 102 Å². The van der Waals surface area contributed by atoms with E-state index in [4.69, 9.17) is 5.73 Å². The SMILES string of the molecule is Cc1nc(CNC(=O)c2cncc(N)n2)cs1. The van der Waals surface area contributed by atoms with Gasteiger partial charge in [0.1, 0.15) is 11.5 Å². The second-order valence-electron chi connectivity index (χ2n) is 3.37. The first kappa shape index (κ1) is 11.5. The number of aryl methyl sites for hydroxylation is 1. The number of hydrogen-bond acceptors (Lipinski definition) is 6. The van der Waals surface area contributed by atoms with Crippen LogP contribution in [0.2, 0.25) is 0 Å². The number of amides is 1. The van der Waals surface area contributed by atoms with Crippen molar-refractivity contribution in [2.45, 2.75) is 13.5 Å². The molecule has 0 aliphatic carbocycles. The molecule has 0 bridgehead atoms. The summed E-state index contributed by atoms with van der Waals surface area (Å²) in [5, 5.41) is 5.58. The maximum atomic E-state index is 11.7. The van der Waals surface area contributed by atoms with Crippen LogP contribution in [0, 0.1) is 6.92 Å². The lowest BCUT2D eigenvalue weighted by Gasteiger charge is -2.02. The Bertz CT molecular complexity index is 539. The molecule has 0 aliphatic heterocycles. The molecular formula is C10H11N5OS. The van der Waals surface area contributed by atoms with E-state index in [1.165, 1.54) is 12.4 Å². The van der Waals surface area contributed by atoms with Crippen molar-refractivity contribution in [3.8, 4) is 0 Å². The van der Waals surface area contributed by atoms with Gasteiger partial charge in [-0.15, -0.1) is 11.3 Å². The number of thiazole rings is 1. The minimum absolute atomic E-state index is 0.206. The highest BCUT2D eigenvalue weighted by Crippen LogP contribution is 2.07. The van der Waals surface area contributed by atoms with Crippen LogP contribution in [0.25, 0.3) is 0 Å². The molecule has 0 spiro atoms. The zero-order chi connectivity index (χ0) is 12.3. The predicted octanol–water partition coefficient (Wildman–Crippen LogP) is 0.754. The summed E-state index contributed by atoms with van der Waals surface area (Å²) in [4.78, 5) is 23.6. The predicted molar refractivity (Wildman–Crippen MR) is 64.5 cm³/mol. The van der Waals surface area contributed by atoms with E-state index in [1.54, 1.807) is 11.3 Å². The Morgan fingerprint density at radius 1 is 1.47 bits per heavy atom. The molecular weight excluding hydrogens is 238 g/mol. The van der Waals surface area contributed by atoms with Crippen molar-refractivity contribution >= 4 is 23.1 Å². The first-order valence-corrected chi connectivity index (χ1v) is 5.80. The van der Waals surface area contributed by atoms with Crippen LogP contribution < -0.4 is 11.1 Å². The average molecular weight is 249 g/mol. The number of anilines is 1. The molecule has 0 aliphatic rings. The summed E-state index contributed by atoms with van der Waals surface area (Å²) in [5.74, 6) is -0.0856. The Hall–Kier alpha value is -2.02. The molecule has 2 rings (SSSR count). The maximum absolute atomic E-state index is 11.7. The molecule has 2 heterocycles. The van der Waals surface area contributed by atoms with Gasteiger partial charge in [-0.25, -0.2) is 9.97 Å². The lowest BCUT2D eigenvalue weighted by atomic mass is 10.4. The molecule has 0 unspecified atom stereocenters. The van der Waals surface area contributed by atoms with Gasteiger partial charge in [-0.1, -0.05) is 0 Å². The fourth-order valence-corrected chi connectivity index (χ4v) is 1.85. The second-order valence-corrected chi connectivity index (χ2v) is 4.43. The molecule has 0 saturated heterocycles. The standard InChI is InChI=1S/C10H11N5OS/c1-6-14-7(5-17-6)2-13-10(16)8-3-12-4-9(11)15-8/h3-5H,2H2,1H3,(H2,11,15)(H,13,16). The second kappa shape index (κ2) is 4.88. The highest BCUT2D eigenvalue weighted by Gasteiger charge is 2.08. The fraction of sp³-hybridized carbons (Fsp3) is 0.200. The number of nitrogen functional groups attached to an aromatic ring is 1. The monoisotopic (exact) mass is 249 g/mol. The van der Waals surface area contributed by atoms with E-state index in [1.807, 2.05) is 12.3 Å². The number of nitrogens with one attached hydrogen (secondary N) is 1. The summed E-state index contributed by atoms with van der Waals surface area (Å²) in [6.07, 6.45) is 2.76. The summed E-state index contributed by atoms with van der Waals surface area (Å²) >= 11 is 1.54. The van der Waals surface area contributed by atoms with Gasteiger partial charge in [0, 0.05) is 5.38 Å². The first-order valence-electron chi connectivity index (χ1n) is 4.92. The van der Waals surface area contributed by atoms with Gasteiger partial charge in [0.05, 0.1) is 29.6 Å². The minimum Gasteiger partial charge on any atom is -0.382 e. The molecule has 0 saturated carbocycles. The Morgan fingerprint density at radius 2 is 2.29 bits per heavy atom. The van der Waals surface area contributed by atoms with Gasteiger partial charge in [-0.05, 0) is 6.92 Å². The number of nitrogens with two attached hydrogens (primary N) is 1. The number of hydrogen-bond donors (Lipinski definition) is 2. The van der Waals surface area contributed by atoms with E-state index in [0.717, 1.165) is 10.7 Å². The highest BCUT2D eigenvalue weighted by atomic mass is 32.1. The molecule has 3 N–H and O–H groups in total. The lowest BCUT2D eigenvalue weighted by molar-refractivity contribution is 0.0945. The van der Waals surface area contributed by atoms with E-state index >= 15 is 0 Å².